The van der Waals surface area contributed by atoms with Crippen LogP contribution in [0.4, 0.5) is 5.69 Å². The molecule has 3 aromatic carbocycles. The highest BCUT2D eigenvalue weighted by Gasteiger charge is 2.73. The van der Waals surface area contributed by atoms with Crippen LogP contribution in [-0.2, 0) is 15.0 Å². The van der Waals surface area contributed by atoms with Gasteiger partial charge in [0.25, 0.3) is 5.91 Å². The summed E-state index contributed by atoms with van der Waals surface area (Å²) in [5.74, 6) is 1.04. The molecule has 3 aromatic rings. The highest BCUT2D eigenvalue weighted by molar-refractivity contribution is 6.28. The lowest BCUT2D eigenvalue weighted by atomic mass is 9.68. The first-order valence-electron chi connectivity index (χ1n) is 11.9. The Morgan fingerprint density at radius 2 is 1.31 bits per heavy atom. The summed E-state index contributed by atoms with van der Waals surface area (Å²) in [5, 5.41) is 4.37. The molecule has 7 nitrogen and oxygen atoms in total. The largest absolute Gasteiger partial charge is 0.497 e. The van der Waals surface area contributed by atoms with Crippen LogP contribution in [-0.4, -0.2) is 55.2 Å². The lowest BCUT2D eigenvalue weighted by molar-refractivity contribution is -0.126. The summed E-state index contributed by atoms with van der Waals surface area (Å²) in [6.45, 7) is 1.53. The SMILES string of the molecule is COc1ccc(C2N3CCCN3C3C(=O)N(c4ccc(OC)cc4)C(=O)C32c2ccccc2)cc1. The van der Waals surface area contributed by atoms with Crippen molar-refractivity contribution in [2.75, 3.05) is 32.2 Å². The molecule has 178 valence electrons. The Hall–Kier alpha value is -3.68. The van der Waals surface area contributed by atoms with E-state index in [0.717, 1.165) is 36.4 Å². The maximum absolute atomic E-state index is 14.6. The number of nitrogens with zero attached hydrogens (tertiary/aromatic N) is 3. The zero-order valence-corrected chi connectivity index (χ0v) is 19.8. The molecule has 0 spiro atoms. The molecule has 3 aliphatic rings. The van der Waals surface area contributed by atoms with Gasteiger partial charge in [-0.25, -0.2) is 14.9 Å². The van der Waals surface area contributed by atoms with Crippen LogP contribution in [0, 0.1) is 0 Å². The Morgan fingerprint density at radius 3 is 1.91 bits per heavy atom. The summed E-state index contributed by atoms with van der Waals surface area (Å²) >= 11 is 0. The molecule has 3 heterocycles. The molecule has 3 saturated heterocycles. The van der Waals surface area contributed by atoms with Gasteiger partial charge < -0.3 is 9.47 Å². The number of fused-ring (bicyclic) bond motifs is 3. The standard InChI is InChI=1S/C28H27N3O4/c1-34-22-13-9-19(10-14-22)24-28(20-7-4-3-5-8-20)25(30-18-6-17-29(24)30)26(32)31(27(28)33)21-11-15-23(35-2)16-12-21/h3-5,7-16,24-25H,6,17-18H2,1-2H3. The summed E-state index contributed by atoms with van der Waals surface area (Å²) < 4.78 is 10.7. The second-order valence-corrected chi connectivity index (χ2v) is 9.17. The van der Waals surface area contributed by atoms with Gasteiger partial charge in [0, 0.05) is 13.1 Å². The minimum atomic E-state index is -1.08. The number of hydrogen-bond donors (Lipinski definition) is 0. The van der Waals surface area contributed by atoms with E-state index in [1.54, 1.807) is 38.5 Å². The fourth-order valence-corrected chi connectivity index (χ4v) is 6.14. The molecule has 3 aliphatic heterocycles. The number of benzene rings is 3. The number of anilines is 1. The lowest BCUT2D eigenvalue weighted by Crippen LogP contribution is -2.47. The van der Waals surface area contributed by atoms with Crippen LogP contribution < -0.4 is 14.4 Å². The Bertz CT molecular complexity index is 1260. The second kappa shape index (κ2) is 8.22. The van der Waals surface area contributed by atoms with Gasteiger partial charge in [0.15, 0.2) is 0 Å². The van der Waals surface area contributed by atoms with E-state index in [2.05, 4.69) is 10.0 Å². The van der Waals surface area contributed by atoms with Crippen LogP contribution in [0.3, 0.4) is 0 Å². The Morgan fingerprint density at radius 1 is 0.743 bits per heavy atom. The average Bonchev–Trinajstić information content (AvgIpc) is 3.54. The first-order valence-corrected chi connectivity index (χ1v) is 11.9. The van der Waals surface area contributed by atoms with Gasteiger partial charge in [-0.3, -0.25) is 9.59 Å². The van der Waals surface area contributed by atoms with Crippen molar-refractivity contribution in [3.05, 3.63) is 90.0 Å². The summed E-state index contributed by atoms with van der Waals surface area (Å²) in [5.41, 5.74) is 1.33. The van der Waals surface area contributed by atoms with Gasteiger partial charge in [-0.2, -0.15) is 0 Å². The van der Waals surface area contributed by atoms with E-state index >= 15 is 0 Å². The van der Waals surface area contributed by atoms with Crippen LogP contribution >= 0.6 is 0 Å². The molecule has 0 aromatic heterocycles. The first-order chi connectivity index (χ1) is 17.1. The maximum atomic E-state index is 14.6. The van der Waals surface area contributed by atoms with Gasteiger partial charge in [-0.05, 0) is 53.9 Å². The molecule has 0 N–H and O–H groups in total. The number of methoxy groups -OCH3 is 2. The molecule has 3 atom stereocenters. The van der Waals surface area contributed by atoms with Gasteiger partial charge in [0.2, 0.25) is 5.91 Å². The maximum Gasteiger partial charge on any atom is 0.254 e. The molecule has 3 fully saturated rings. The number of carbonyl (C=O) groups excluding carboxylic acids is 2. The van der Waals surface area contributed by atoms with Gasteiger partial charge in [-0.15, -0.1) is 0 Å². The summed E-state index contributed by atoms with van der Waals surface area (Å²) in [6.07, 6.45) is 0.942. The molecule has 0 bridgehead atoms. The second-order valence-electron chi connectivity index (χ2n) is 9.17. The molecule has 2 amide bonds. The van der Waals surface area contributed by atoms with Crippen molar-refractivity contribution in [1.82, 2.24) is 10.0 Å². The highest BCUT2D eigenvalue weighted by atomic mass is 16.5. The predicted octanol–water partition coefficient (Wildman–Crippen LogP) is 3.56. The molecule has 0 aliphatic carbocycles. The normalized spacial score (nSPS) is 26.2. The first kappa shape index (κ1) is 21.8. The van der Waals surface area contributed by atoms with Crippen LogP contribution in [0.2, 0.25) is 0 Å². The van der Waals surface area contributed by atoms with E-state index in [0.29, 0.717) is 11.4 Å². The van der Waals surface area contributed by atoms with Crippen molar-refractivity contribution in [2.45, 2.75) is 23.9 Å². The van der Waals surface area contributed by atoms with Crippen molar-refractivity contribution in [3.63, 3.8) is 0 Å². The summed E-state index contributed by atoms with van der Waals surface area (Å²) in [6, 6.07) is 23.8. The molecule has 0 saturated carbocycles. The quantitative estimate of drug-likeness (QED) is 0.533. The number of carbonyl (C=O) groups is 2. The van der Waals surface area contributed by atoms with E-state index in [9.17, 15) is 9.59 Å². The van der Waals surface area contributed by atoms with Crippen LogP contribution in [0.25, 0.3) is 0 Å². The highest BCUT2D eigenvalue weighted by Crippen LogP contribution is 2.58. The van der Waals surface area contributed by atoms with E-state index in [-0.39, 0.29) is 17.9 Å². The van der Waals surface area contributed by atoms with Crippen LogP contribution in [0.15, 0.2) is 78.9 Å². The Labute approximate surface area is 204 Å². The molecule has 7 heteroatoms. The summed E-state index contributed by atoms with van der Waals surface area (Å²) in [7, 11) is 3.23. The topological polar surface area (TPSA) is 62.3 Å². The van der Waals surface area contributed by atoms with E-state index in [1.807, 2.05) is 54.6 Å². The zero-order chi connectivity index (χ0) is 24.2. The molecule has 0 radical (unpaired) electrons. The number of imide groups is 1. The van der Waals surface area contributed by atoms with E-state index < -0.39 is 11.5 Å². The Balaban J connectivity index is 1.57. The molecule has 3 unspecified atom stereocenters. The van der Waals surface area contributed by atoms with Crippen molar-refractivity contribution in [1.29, 1.82) is 0 Å². The van der Waals surface area contributed by atoms with Crippen molar-refractivity contribution in [3.8, 4) is 11.5 Å². The minimum Gasteiger partial charge on any atom is -0.497 e. The third-order valence-electron chi connectivity index (χ3n) is 7.59. The number of amides is 2. The number of hydrazine groups is 1. The smallest absolute Gasteiger partial charge is 0.254 e. The van der Waals surface area contributed by atoms with Gasteiger partial charge in [0.1, 0.15) is 23.0 Å². The van der Waals surface area contributed by atoms with Gasteiger partial charge >= 0.3 is 0 Å². The third-order valence-corrected chi connectivity index (χ3v) is 7.59. The zero-order valence-electron chi connectivity index (χ0n) is 19.8. The molecule has 35 heavy (non-hydrogen) atoms. The number of rotatable bonds is 5. The van der Waals surface area contributed by atoms with Gasteiger partial charge in [-0.1, -0.05) is 42.5 Å². The van der Waals surface area contributed by atoms with Crippen molar-refractivity contribution >= 4 is 17.5 Å². The molecular weight excluding hydrogens is 442 g/mol. The molecule has 6 rings (SSSR count). The Kier molecular flexibility index (Phi) is 5.12. The van der Waals surface area contributed by atoms with Crippen LogP contribution in [0.1, 0.15) is 23.6 Å². The fraction of sp³-hybridized carbons (Fsp3) is 0.286. The minimum absolute atomic E-state index is 0.188. The molecular formula is C28H27N3O4. The fourth-order valence-electron chi connectivity index (χ4n) is 6.14. The predicted molar refractivity (Wildman–Crippen MR) is 131 cm³/mol. The number of hydrogen-bond acceptors (Lipinski definition) is 6. The van der Waals surface area contributed by atoms with Crippen molar-refractivity contribution < 1.29 is 19.1 Å². The van der Waals surface area contributed by atoms with E-state index in [4.69, 9.17) is 9.47 Å². The van der Waals surface area contributed by atoms with E-state index in [1.165, 1.54) is 4.90 Å². The van der Waals surface area contributed by atoms with Crippen molar-refractivity contribution in [2.24, 2.45) is 0 Å². The summed E-state index contributed by atoms with van der Waals surface area (Å²) in [4.78, 5) is 30.1. The monoisotopic (exact) mass is 469 g/mol. The third kappa shape index (κ3) is 2.98. The van der Waals surface area contributed by atoms with Crippen LogP contribution in [0.5, 0.6) is 11.5 Å². The average molecular weight is 470 g/mol. The number of ether oxygens (including phenoxy) is 2. The van der Waals surface area contributed by atoms with Gasteiger partial charge in [0.05, 0.1) is 25.9 Å². The lowest BCUT2D eigenvalue weighted by Gasteiger charge is -2.35.